The summed E-state index contributed by atoms with van der Waals surface area (Å²) in [6.07, 6.45) is 4.70. The molecular formula is C31H35ClN4O7S. The fourth-order valence-electron chi connectivity index (χ4n) is 5.31. The molecule has 0 aliphatic heterocycles. The van der Waals surface area contributed by atoms with E-state index in [4.69, 9.17) is 16.3 Å². The van der Waals surface area contributed by atoms with Crippen molar-refractivity contribution in [2.75, 3.05) is 24.2 Å². The average molecular weight is 643 g/mol. The molecule has 0 aromatic heterocycles. The van der Waals surface area contributed by atoms with Crippen molar-refractivity contribution >= 4 is 44.8 Å². The van der Waals surface area contributed by atoms with Crippen molar-refractivity contribution in [3.63, 3.8) is 0 Å². The number of carbonyl (C=O) groups is 2. The second kappa shape index (κ2) is 14.5. The zero-order valence-electron chi connectivity index (χ0n) is 24.5. The molecule has 0 radical (unpaired) electrons. The first-order valence-corrected chi connectivity index (χ1v) is 16.4. The first kappa shape index (κ1) is 32.7. The molecule has 0 heterocycles. The van der Waals surface area contributed by atoms with E-state index in [1.165, 1.54) is 24.1 Å². The highest BCUT2D eigenvalue weighted by atomic mass is 35.5. The number of ether oxygens (including phenoxy) is 1. The molecule has 0 saturated heterocycles. The predicted octanol–water partition coefficient (Wildman–Crippen LogP) is 4.72. The normalized spacial score (nSPS) is 14.1. The van der Waals surface area contributed by atoms with Crippen LogP contribution in [0.4, 0.5) is 11.4 Å². The molecule has 44 heavy (non-hydrogen) atoms. The third-order valence-corrected chi connectivity index (χ3v) is 9.09. The summed E-state index contributed by atoms with van der Waals surface area (Å²) in [6.45, 7) is -0.833. The maximum Gasteiger partial charge on any atom is 0.271 e. The number of rotatable bonds is 13. The summed E-state index contributed by atoms with van der Waals surface area (Å²) >= 11 is 6.49. The number of nitro benzene ring substituents is 1. The van der Waals surface area contributed by atoms with Gasteiger partial charge in [0, 0.05) is 36.2 Å². The van der Waals surface area contributed by atoms with Crippen LogP contribution in [0.3, 0.4) is 0 Å². The van der Waals surface area contributed by atoms with Crippen LogP contribution in [0.5, 0.6) is 5.75 Å². The number of amides is 2. The second-order valence-electron chi connectivity index (χ2n) is 10.7. The molecule has 0 bridgehead atoms. The van der Waals surface area contributed by atoms with Gasteiger partial charge in [-0.15, -0.1) is 0 Å². The minimum Gasteiger partial charge on any atom is -0.495 e. The Balaban J connectivity index is 1.79. The number of hydrogen-bond donors (Lipinski definition) is 1. The lowest BCUT2D eigenvalue weighted by Gasteiger charge is -2.34. The van der Waals surface area contributed by atoms with Gasteiger partial charge < -0.3 is 15.0 Å². The monoisotopic (exact) mass is 642 g/mol. The van der Waals surface area contributed by atoms with Crippen LogP contribution in [-0.2, 0) is 32.6 Å². The summed E-state index contributed by atoms with van der Waals surface area (Å²) in [4.78, 5) is 40.4. The molecule has 1 N–H and O–H groups in total. The lowest BCUT2D eigenvalue weighted by molar-refractivity contribution is -0.384. The van der Waals surface area contributed by atoms with Gasteiger partial charge >= 0.3 is 0 Å². The quantitative estimate of drug-likeness (QED) is 0.210. The summed E-state index contributed by atoms with van der Waals surface area (Å²) in [5.41, 5.74) is 0.808. The van der Waals surface area contributed by atoms with Crippen LogP contribution >= 0.6 is 11.6 Å². The van der Waals surface area contributed by atoms with E-state index >= 15 is 0 Å². The number of methoxy groups -OCH3 is 1. The van der Waals surface area contributed by atoms with E-state index in [9.17, 15) is 28.1 Å². The number of nitrogens with zero attached hydrogens (tertiary/aromatic N) is 3. The number of nitro groups is 1. The van der Waals surface area contributed by atoms with Gasteiger partial charge in [0.25, 0.3) is 5.69 Å². The Morgan fingerprint density at radius 1 is 1.07 bits per heavy atom. The maximum atomic E-state index is 14.3. The Labute approximate surface area is 262 Å². The van der Waals surface area contributed by atoms with Gasteiger partial charge in [-0.25, -0.2) is 8.42 Å². The van der Waals surface area contributed by atoms with Crippen molar-refractivity contribution in [1.82, 2.24) is 10.2 Å². The minimum absolute atomic E-state index is 0.0197. The van der Waals surface area contributed by atoms with E-state index in [1.807, 2.05) is 30.3 Å². The highest BCUT2D eigenvalue weighted by molar-refractivity contribution is 7.92. The SMILES string of the molecule is COc1ccc([N+](=O)[O-])cc1N(CC(=O)N(Cc1ccccc1Cl)C(Cc1ccccc1)C(=O)NC1CCCC1)S(C)(=O)=O. The van der Waals surface area contributed by atoms with Gasteiger partial charge in [-0.1, -0.05) is 73.0 Å². The van der Waals surface area contributed by atoms with Crippen LogP contribution in [0.15, 0.2) is 72.8 Å². The first-order valence-electron chi connectivity index (χ1n) is 14.1. The Kier molecular flexibility index (Phi) is 10.8. The fourth-order valence-corrected chi connectivity index (χ4v) is 6.35. The van der Waals surface area contributed by atoms with E-state index < -0.39 is 33.4 Å². The minimum atomic E-state index is -4.17. The van der Waals surface area contributed by atoms with Gasteiger partial charge in [0.1, 0.15) is 24.0 Å². The molecular weight excluding hydrogens is 608 g/mol. The van der Waals surface area contributed by atoms with Crippen molar-refractivity contribution in [2.45, 2.75) is 50.7 Å². The van der Waals surface area contributed by atoms with Crippen LogP contribution in [-0.4, -0.2) is 62.0 Å². The third-order valence-electron chi connectivity index (χ3n) is 7.59. The Morgan fingerprint density at radius 2 is 1.73 bits per heavy atom. The standard InChI is InChI=1S/C31H35ClN4O7S/c1-43-29-17-16-25(36(39)40)19-27(29)35(44(2,41)42)21-30(37)34(20-23-12-6-9-15-26(23)32)28(18-22-10-4-3-5-11-22)31(38)33-24-13-7-8-14-24/h3-6,9-12,15-17,19,24,28H,7-8,13-14,18,20-21H2,1-2H3,(H,33,38). The predicted molar refractivity (Wildman–Crippen MR) is 168 cm³/mol. The van der Waals surface area contributed by atoms with E-state index in [1.54, 1.807) is 24.3 Å². The molecule has 1 unspecified atom stereocenters. The summed E-state index contributed by atoms with van der Waals surface area (Å²) < 4.78 is 32.3. The highest BCUT2D eigenvalue weighted by Gasteiger charge is 2.35. The van der Waals surface area contributed by atoms with Gasteiger partial charge in [0.05, 0.1) is 18.3 Å². The molecule has 1 atom stereocenters. The third kappa shape index (κ3) is 8.26. The fraction of sp³-hybridized carbons (Fsp3) is 0.355. The highest BCUT2D eigenvalue weighted by Crippen LogP contribution is 2.34. The molecule has 1 aliphatic rings. The Morgan fingerprint density at radius 3 is 2.34 bits per heavy atom. The van der Waals surface area contributed by atoms with Gasteiger partial charge in [0.2, 0.25) is 21.8 Å². The molecule has 1 fully saturated rings. The largest absolute Gasteiger partial charge is 0.495 e. The second-order valence-corrected chi connectivity index (χ2v) is 13.0. The van der Waals surface area contributed by atoms with Crippen LogP contribution in [0.25, 0.3) is 0 Å². The van der Waals surface area contributed by atoms with Crippen molar-refractivity contribution in [1.29, 1.82) is 0 Å². The van der Waals surface area contributed by atoms with Crippen molar-refractivity contribution in [3.8, 4) is 5.75 Å². The van der Waals surface area contributed by atoms with E-state index in [2.05, 4.69) is 5.32 Å². The maximum absolute atomic E-state index is 14.3. The number of halogens is 1. The average Bonchev–Trinajstić information content (AvgIpc) is 3.51. The van der Waals surface area contributed by atoms with Crippen molar-refractivity contribution < 1.29 is 27.7 Å². The molecule has 2 amide bonds. The molecule has 11 nitrogen and oxygen atoms in total. The molecule has 1 aliphatic carbocycles. The zero-order valence-corrected chi connectivity index (χ0v) is 26.1. The first-order chi connectivity index (χ1) is 21.0. The number of hydrogen-bond acceptors (Lipinski definition) is 7. The van der Waals surface area contributed by atoms with E-state index in [0.29, 0.717) is 10.6 Å². The summed E-state index contributed by atoms with van der Waals surface area (Å²) in [5.74, 6) is -1.04. The van der Waals surface area contributed by atoms with Gasteiger partial charge in [-0.05, 0) is 36.1 Å². The molecule has 1 saturated carbocycles. The smallest absolute Gasteiger partial charge is 0.271 e. The number of anilines is 1. The topological polar surface area (TPSA) is 139 Å². The summed E-state index contributed by atoms with van der Waals surface area (Å²) in [6, 6.07) is 18.6. The lowest BCUT2D eigenvalue weighted by atomic mass is 10.0. The molecule has 4 rings (SSSR count). The van der Waals surface area contributed by atoms with Crippen LogP contribution in [0.1, 0.15) is 36.8 Å². The molecule has 0 spiro atoms. The number of sulfonamides is 1. The Hall–Kier alpha value is -4.16. The number of nitrogens with one attached hydrogen (secondary N) is 1. The Bertz CT molecular complexity index is 1600. The molecule has 13 heteroatoms. The summed E-state index contributed by atoms with van der Waals surface area (Å²) in [5, 5.41) is 15.0. The van der Waals surface area contributed by atoms with Gasteiger partial charge in [0.15, 0.2) is 0 Å². The zero-order chi connectivity index (χ0) is 31.9. The van der Waals surface area contributed by atoms with Crippen LogP contribution < -0.4 is 14.4 Å². The van der Waals surface area contributed by atoms with Gasteiger partial charge in [-0.3, -0.25) is 24.0 Å². The van der Waals surface area contributed by atoms with Gasteiger partial charge in [-0.2, -0.15) is 0 Å². The summed E-state index contributed by atoms with van der Waals surface area (Å²) in [7, 11) is -2.88. The lowest BCUT2D eigenvalue weighted by Crippen LogP contribution is -2.54. The van der Waals surface area contributed by atoms with Crippen LogP contribution in [0, 0.1) is 10.1 Å². The number of carbonyl (C=O) groups excluding carboxylic acids is 2. The van der Waals surface area contributed by atoms with Crippen molar-refractivity contribution in [3.05, 3.63) is 99.1 Å². The molecule has 3 aromatic carbocycles. The molecule has 234 valence electrons. The number of benzene rings is 3. The van der Waals surface area contributed by atoms with E-state index in [-0.39, 0.29) is 42.0 Å². The molecule has 3 aromatic rings. The van der Waals surface area contributed by atoms with E-state index in [0.717, 1.165) is 47.9 Å². The number of non-ortho nitro benzene ring substituents is 1. The van der Waals surface area contributed by atoms with Crippen LogP contribution in [0.2, 0.25) is 5.02 Å². The van der Waals surface area contributed by atoms with Crippen molar-refractivity contribution in [2.24, 2.45) is 0 Å².